The van der Waals surface area contributed by atoms with E-state index in [0.29, 0.717) is 6.61 Å². The van der Waals surface area contributed by atoms with Crippen LogP contribution >= 0.6 is 0 Å². The molecule has 0 atom stereocenters. The molecule has 0 saturated heterocycles. The molecule has 1 rings (SSSR count). The smallest absolute Gasteiger partial charge is 0.315 e. The van der Waals surface area contributed by atoms with Crippen LogP contribution in [0.25, 0.3) is 0 Å². The average molecular weight is 222 g/mol. The third-order valence-electron chi connectivity index (χ3n) is 3.25. The zero-order valence-corrected chi connectivity index (χ0v) is 10.4. The summed E-state index contributed by atoms with van der Waals surface area (Å²) in [5.41, 5.74) is 0.682. The number of rotatable bonds is 4. The normalized spacial score (nSPS) is 20.2. The molecule has 0 amide bonds. The first-order chi connectivity index (χ1) is 7.64. The minimum absolute atomic E-state index is 0.0594. The van der Waals surface area contributed by atoms with E-state index in [1.54, 1.807) is 6.08 Å². The van der Waals surface area contributed by atoms with Crippen molar-refractivity contribution in [3.8, 4) is 0 Å². The quantitative estimate of drug-likeness (QED) is 0.536. The van der Waals surface area contributed by atoms with E-state index in [2.05, 4.69) is 12.7 Å². The predicted molar refractivity (Wildman–Crippen MR) is 66.1 cm³/mol. The molecule has 2 nitrogen and oxygen atoms in total. The number of allylic oxidation sites excluding steroid dienone is 2. The van der Waals surface area contributed by atoms with Crippen molar-refractivity contribution in [3.63, 3.8) is 0 Å². The average Bonchev–Trinajstić information content (AvgIpc) is 2.30. The van der Waals surface area contributed by atoms with Crippen molar-refractivity contribution >= 4 is 5.97 Å². The molecule has 0 heterocycles. The molecule has 16 heavy (non-hydrogen) atoms. The highest BCUT2D eigenvalue weighted by atomic mass is 16.5. The highest BCUT2D eigenvalue weighted by Gasteiger charge is 2.38. The number of esters is 1. The standard InChI is InChI=1S/C14H22O2/c1-4-12(3)11-14(13(15)16-5-2)9-7-6-8-10-14/h4,11H,1,5-10H2,2-3H3/b12-11-. The summed E-state index contributed by atoms with van der Waals surface area (Å²) < 4.78 is 5.21. The van der Waals surface area contributed by atoms with Crippen LogP contribution in [0.3, 0.4) is 0 Å². The molecule has 0 spiro atoms. The second-order valence-corrected chi connectivity index (χ2v) is 4.53. The maximum atomic E-state index is 12.1. The Kier molecular flexibility index (Phi) is 4.78. The zero-order chi connectivity index (χ0) is 12.0. The van der Waals surface area contributed by atoms with Crippen molar-refractivity contribution < 1.29 is 9.53 Å². The van der Waals surface area contributed by atoms with Crippen molar-refractivity contribution in [3.05, 3.63) is 24.3 Å². The highest BCUT2D eigenvalue weighted by Crippen LogP contribution is 2.39. The minimum Gasteiger partial charge on any atom is -0.465 e. The summed E-state index contributed by atoms with van der Waals surface area (Å²) in [6.07, 6.45) is 9.13. The first-order valence-corrected chi connectivity index (χ1v) is 6.14. The molecule has 1 aliphatic rings. The van der Waals surface area contributed by atoms with Crippen LogP contribution in [0, 0.1) is 5.41 Å². The molecule has 0 aliphatic heterocycles. The molecule has 0 radical (unpaired) electrons. The Morgan fingerprint density at radius 2 is 2.00 bits per heavy atom. The molecule has 0 N–H and O–H groups in total. The molecule has 0 aromatic carbocycles. The number of hydrogen-bond acceptors (Lipinski definition) is 2. The third-order valence-corrected chi connectivity index (χ3v) is 3.25. The predicted octanol–water partition coefficient (Wildman–Crippen LogP) is 3.63. The molecule has 1 fully saturated rings. The summed E-state index contributed by atoms with van der Waals surface area (Å²) in [5, 5.41) is 0. The number of hydrogen-bond donors (Lipinski definition) is 0. The van der Waals surface area contributed by atoms with Crippen molar-refractivity contribution in [2.75, 3.05) is 6.61 Å². The van der Waals surface area contributed by atoms with Crippen LogP contribution in [-0.4, -0.2) is 12.6 Å². The molecular weight excluding hydrogens is 200 g/mol. The van der Waals surface area contributed by atoms with Gasteiger partial charge in [-0.2, -0.15) is 0 Å². The lowest BCUT2D eigenvalue weighted by molar-refractivity contribution is -0.154. The lowest BCUT2D eigenvalue weighted by atomic mass is 9.73. The molecule has 0 bridgehead atoms. The first kappa shape index (κ1) is 13.0. The van der Waals surface area contributed by atoms with Crippen molar-refractivity contribution in [1.82, 2.24) is 0 Å². The first-order valence-electron chi connectivity index (χ1n) is 6.14. The molecule has 1 aliphatic carbocycles. The fourth-order valence-electron chi connectivity index (χ4n) is 2.36. The van der Waals surface area contributed by atoms with Gasteiger partial charge in [-0.05, 0) is 26.7 Å². The second kappa shape index (κ2) is 5.88. The van der Waals surface area contributed by atoms with Crippen molar-refractivity contribution in [2.24, 2.45) is 5.41 Å². The Morgan fingerprint density at radius 1 is 1.38 bits per heavy atom. The van der Waals surface area contributed by atoms with E-state index in [9.17, 15) is 4.79 Å². The van der Waals surface area contributed by atoms with Gasteiger partial charge >= 0.3 is 5.97 Å². The van der Waals surface area contributed by atoms with Gasteiger partial charge in [-0.3, -0.25) is 4.79 Å². The maximum absolute atomic E-state index is 12.1. The van der Waals surface area contributed by atoms with E-state index in [0.717, 1.165) is 31.3 Å². The number of carbonyl (C=O) groups excluding carboxylic acids is 1. The zero-order valence-electron chi connectivity index (χ0n) is 10.4. The van der Waals surface area contributed by atoms with Crippen LogP contribution in [-0.2, 0) is 9.53 Å². The topological polar surface area (TPSA) is 26.3 Å². The Labute approximate surface area is 98.4 Å². The minimum atomic E-state index is -0.382. The van der Waals surface area contributed by atoms with Crippen LogP contribution < -0.4 is 0 Å². The Hall–Kier alpha value is -1.05. The van der Waals surface area contributed by atoms with E-state index in [1.807, 2.05) is 13.8 Å². The van der Waals surface area contributed by atoms with Crippen LogP contribution in [0.15, 0.2) is 24.3 Å². The molecular formula is C14H22O2. The van der Waals surface area contributed by atoms with E-state index in [-0.39, 0.29) is 11.4 Å². The summed E-state index contributed by atoms with van der Waals surface area (Å²) in [4.78, 5) is 12.1. The molecule has 1 saturated carbocycles. The fraction of sp³-hybridized carbons (Fsp3) is 0.643. The molecule has 0 aromatic heterocycles. The second-order valence-electron chi connectivity index (χ2n) is 4.53. The van der Waals surface area contributed by atoms with Crippen LogP contribution in [0.5, 0.6) is 0 Å². The summed E-state index contributed by atoms with van der Waals surface area (Å²) >= 11 is 0. The van der Waals surface area contributed by atoms with Gasteiger partial charge in [0, 0.05) is 0 Å². The Balaban J connectivity index is 2.91. The lowest BCUT2D eigenvalue weighted by Crippen LogP contribution is -2.33. The Morgan fingerprint density at radius 3 is 2.50 bits per heavy atom. The van der Waals surface area contributed by atoms with E-state index in [1.165, 1.54) is 6.42 Å². The van der Waals surface area contributed by atoms with Crippen molar-refractivity contribution in [1.29, 1.82) is 0 Å². The van der Waals surface area contributed by atoms with Crippen LogP contribution in [0.2, 0.25) is 0 Å². The number of carbonyl (C=O) groups is 1. The fourth-order valence-corrected chi connectivity index (χ4v) is 2.36. The monoisotopic (exact) mass is 222 g/mol. The van der Waals surface area contributed by atoms with Gasteiger partial charge in [0.1, 0.15) is 0 Å². The highest BCUT2D eigenvalue weighted by molar-refractivity contribution is 5.79. The van der Waals surface area contributed by atoms with Crippen LogP contribution in [0.1, 0.15) is 46.0 Å². The third kappa shape index (κ3) is 2.97. The van der Waals surface area contributed by atoms with Crippen molar-refractivity contribution in [2.45, 2.75) is 46.0 Å². The van der Waals surface area contributed by atoms with Gasteiger partial charge in [0.15, 0.2) is 0 Å². The molecule has 0 unspecified atom stereocenters. The summed E-state index contributed by atoms with van der Waals surface area (Å²) in [7, 11) is 0. The van der Waals surface area contributed by atoms with Gasteiger partial charge in [0.05, 0.1) is 12.0 Å². The Bertz CT molecular complexity index is 283. The van der Waals surface area contributed by atoms with E-state index in [4.69, 9.17) is 4.74 Å². The maximum Gasteiger partial charge on any atom is 0.315 e. The van der Waals surface area contributed by atoms with Gasteiger partial charge in [0.25, 0.3) is 0 Å². The van der Waals surface area contributed by atoms with Gasteiger partial charge in [-0.15, -0.1) is 0 Å². The summed E-state index contributed by atoms with van der Waals surface area (Å²) in [6.45, 7) is 8.05. The van der Waals surface area contributed by atoms with Gasteiger partial charge < -0.3 is 4.74 Å². The molecule has 90 valence electrons. The SMILES string of the molecule is C=C/C(C)=C\C1(C(=O)OCC)CCCCC1. The van der Waals surface area contributed by atoms with Gasteiger partial charge in [-0.1, -0.05) is 43.6 Å². The molecule has 0 aromatic rings. The van der Waals surface area contributed by atoms with Gasteiger partial charge in [0.2, 0.25) is 0 Å². The van der Waals surface area contributed by atoms with Gasteiger partial charge in [-0.25, -0.2) is 0 Å². The van der Waals surface area contributed by atoms with E-state index < -0.39 is 0 Å². The summed E-state index contributed by atoms with van der Waals surface area (Å²) in [5.74, 6) is -0.0594. The van der Waals surface area contributed by atoms with Crippen LogP contribution in [0.4, 0.5) is 0 Å². The van der Waals surface area contributed by atoms with E-state index >= 15 is 0 Å². The summed E-state index contributed by atoms with van der Waals surface area (Å²) in [6, 6.07) is 0. The molecule has 2 heteroatoms. The number of ether oxygens (including phenoxy) is 1. The lowest BCUT2D eigenvalue weighted by Gasteiger charge is -2.32. The largest absolute Gasteiger partial charge is 0.465 e.